The molecule has 3 aromatic rings. The summed E-state index contributed by atoms with van der Waals surface area (Å²) in [6.07, 6.45) is 0. The molecule has 0 aliphatic rings. The molecule has 0 spiro atoms. The second-order valence-electron chi connectivity index (χ2n) is 8.03. The summed E-state index contributed by atoms with van der Waals surface area (Å²) in [7, 11) is 4.63. The summed E-state index contributed by atoms with van der Waals surface area (Å²) in [6, 6.07) is 9.92. The third-order valence-electron chi connectivity index (χ3n) is 5.21. The normalized spacial score (nSPS) is 11.6. The molecule has 0 unspecified atom stereocenters. The third kappa shape index (κ3) is 5.85. The fraction of sp³-hybridized carbons (Fsp3) is 0.320. The molecule has 9 heteroatoms. The van der Waals surface area contributed by atoms with Crippen LogP contribution in [0.2, 0.25) is 0 Å². The van der Waals surface area contributed by atoms with Crippen LogP contribution >= 0.6 is 11.3 Å². The zero-order valence-electron chi connectivity index (χ0n) is 20.1. The van der Waals surface area contributed by atoms with Gasteiger partial charge in [0.2, 0.25) is 5.91 Å². The Bertz CT molecular complexity index is 1150. The Morgan fingerprint density at radius 2 is 1.65 bits per heavy atom. The van der Waals surface area contributed by atoms with Gasteiger partial charge in [0, 0.05) is 22.6 Å². The standard InChI is InChI=1S/C25H29N3O5S/c1-14(2)22(27-23(29)16-10-17(31-4)12-18(11-16)32-5)24(30)28-25-26-20(13-34-25)19-9-15(3)7-8-21(19)33-6/h7-14,22H,1-6H3,(H,27,29)(H,26,28,30)/t22-/m0/s1. The van der Waals surface area contributed by atoms with Crippen LogP contribution < -0.4 is 24.8 Å². The molecule has 180 valence electrons. The SMILES string of the molecule is COc1cc(OC)cc(C(=O)N[C@H](C(=O)Nc2nc(-c3cc(C)ccc3OC)cs2)C(C)C)c1. The van der Waals surface area contributed by atoms with Crippen molar-refractivity contribution in [3.8, 4) is 28.5 Å². The lowest BCUT2D eigenvalue weighted by atomic mass is 10.0. The first-order chi connectivity index (χ1) is 16.2. The van der Waals surface area contributed by atoms with Crippen molar-refractivity contribution in [1.29, 1.82) is 0 Å². The van der Waals surface area contributed by atoms with Crippen LogP contribution in [-0.2, 0) is 4.79 Å². The second kappa shape index (κ2) is 11.0. The number of aryl methyl sites for hydroxylation is 1. The molecule has 0 saturated carbocycles. The van der Waals surface area contributed by atoms with Crippen LogP contribution in [0.1, 0.15) is 29.8 Å². The first-order valence-corrected chi connectivity index (χ1v) is 11.6. The molecule has 34 heavy (non-hydrogen) atoms. The van der Waals surface area contributed by atoms with Crippen LogP contribution in [0.25, 0.3) is 11.3 Å². The number of nitrogens with one attached hydrogen (secondary N) is 2. The maximum Gasteiger partial charge on any atom is 0.252 e. The Kier molecular flexibility index (Phi) is 8.12. The van der Waals surface area contributed by atoms with Crippen LogP contribution in [0, 0.1) is 12.8 Å². The van der Waals surface area contributed by atoms with Crippen LogP contribution in [0.5, 0.6) is 17.2 Å². The van der Waals surface area contributed by atoms with Crippen molar-refractivity contribution in [3.63, 3.8) is 0 Å². The lowest BCUT2D eigenvalue weighted by Crippen LogP contribution is -2.47. The van der Waals surface area contributed by atoms with Crippen LogP contribution in [0.3, 0.4) is 0 Å². The van der Waals surface area contributed by atoms with Crippen LogP contribution in [0.15, 0.2) is 41.8 Å². The molecular formula is C25H29N3O5S. The van der Waals surface area contributed by atoms with E-state index >= 15 is 0 Å². The zero-order chi connectivity index (χ0) is 24.8. The number of hydrogen-bond donors (Lipinski definition) is 2. The average Bonchev–Trinajstić information content (AvgIpc) is 3.29. The molecule has 2 N–H and O–H groups in total. The van der Waals surface area contributed by atoms with E-state index in [1.54, 1.807) is 25.3 Å². The molecule has 1 atom stereocenters. The van der Waals surface area contributed by atoms with Crippen molar-refractivity contribution in [3.05, 3.63) is 52.9 Å². The highest BCUT2D eigenvalue weighted by molar-refractivity contribution is 7.14. The number of benzene rings is 2. The number of methoxy groups -OCH3 is 3. The first-order valence-electron chi connectivity index (χ1n) is 10.7. The molecule has 3 rings (SSSR count). The number of ether oxygens (including phenoxy) is 3. The number of carbonyl (C=O) groups excluding carboxylic acids is 2. The minimum atomic E-state index is -0.773. The summed E-state index contributed by atoms with van der Waals surface area (Å²) in [6.45, 7) is 5.72. The fourth-order valence-electron chi connectivity index (χ4n) is 3.36. The number of amides is 2. The van der Waals surface area contributed by atoms with Gasteiger partial charge in [-0.3, -0.25) is 9.59 Å². The van der Waals surface area contributed by atoms with Crippen molar-refractivity contribution < 1.29 is 23.8 Å². The van der Waals surface area contributed by atoms with E-state index in [0.29, 0.717) is 33.6 Å². The van der Waals surface area contributed by atoms with E-state index in [9.17, 15) is 9.59 Å². The number of nitrogens with zero attached hydrogens (tertiary/aromatic N) is 1. The highest BCUT2D eigenvalue weighted by Crippen LogP contribution is 2.33. The van der Waals surface area contributed by atoms with E-state index in [1.807, 2.05) is 44.4 Å². The molecule has 2 amide bonds. The van der Waals surface area contributed by atoms with Crippen molar-refractivity contribution in [2.45, 2.75) is 26.8 Å². The van der Waals surface area contributed by atoms with Crippen LogP contribution in [0.4, 0.5) is 5.13 Å². The van der Waals surface area contributed by atoms with Gasteiger partial charge in [-0.05, 0) is 37.1 Å². The minimum absolute atomic E-state index is 0.159. The van der Waals surface area contributed by atoms with E-state index in [0.717, 1.165) is 11.1 Å². The molecule has 0 aliphatic carbocycles. The van der Waals surface area contributed by atoms with Crippen molar-refractivity contribution >= 4 is 28.3 Å². The smallest absolute Gasteiger partial charge is 0.252 e. The lowest BCUT2D eigenvalue weighted by molar-refractivity contribution is -0.118. The second-order valence-corrected chi connectivity index (χ2v) is 8.89. The molecule has 0 saturated heterocycles. The highest BCUT2D eigenvalue weighted by atomic mass is 32.1. The summed E-state index contributed by atoms with van der Waals surface area (Å²) in [5.41, 5.74) is 2.96. The lowest BCUT2D eigenvalue weighted by Gasteiger charge is -2.21. The first kappa shape index (κ1) is 25.0. The van der Waals surface area contributed by atoms with E-state index < -0.39 is 11.9 Å². The minimum Gasteiger partial charge on any atom is -0.497 e. The topological polar surface area (TPSA) is 98.8 Å². The zero-order valence-corrected chi connectivity index (χ0v) is 20.9. The molecular weight excluding hydrogens is 454 g/mol. The number of aromatic nitrogens is 1. The van der Waals surface area contributed by atoms with E-state index in [4.69, 9.17) is 14.2 Å². The van der Waals surface area contributed by atoms with Gasteiger partial charge in [0.15, 0.2) is 5.13 Å². The molecule has 8 nitrogen and oxygen atoms in total. The molecule has 1 heterocycles. The molecule has 0 fully saturated rings. The predicted molar refractivity (Wildman–Crippen MR) is 133 cm³/mol. The summed E-state index contributed by atoms with van der Waals surface area (Å²) >= 11 is 1.31. The summed E-state index contributed by atoms with van der Waals surface area (Å²) in [5.74, 6) is 0.752. The predicted octanol–water partition coefficient (Wildman–Crippen LogP) is 4.54. The van der Waals surface area contributed by atoms with Gasteiger partial charge in [-0.25, -0.2) is 4.98 Å². The van der Waals surface area contributed by atoms with Gasteiger partial charge in [0.1, 0.15) is 23.3 Å². The number of carbonyl (C=O) groups is 2. The van der Waals surface area contributed by atoms with E-state index in [-0.39, 0.29) is 11.8 Å². The Morgan fingerprint density at radius 1 is 0.971 bits per heavy atom. The Balaban J connectivity index is 1.77. The van der Waals surface area contributed by atoms with Crippen molar-refractivity contribution in [2.24, 2.45) is 5.92 Å². The molecule has 0 radical (unpaired) electrons. The van der Waals surface area contributed by atoms with Gasteiger partial charge in [-0.2, -0.15) is 0 Å². The largest absolute Gasteiger partial charge is 0.497 e. The monoisotopic (exact) mass is 483 g/mol. The average molecular weight is 484 g/mol. The van der Waals surface area contributed by atoms with Crippen LogP contribution in [-0.4, -0.2) is 44.2 Å². The Labute approximate surface area is 203 Å². The van der Waals surface area contributed by atoms with Gasteiger partial charge in [-0.15, -0.1) is 11.3 Å². The summed E-state index contributed by atoms with van der Waals surface area (Å²) in [5, 5.41) is 7.94. The Hall–Kier alpha value is -3.59. The highest BCUT2D eigenvalue weighted by Gasteiger charge is 2.26. The third-order valence-corrected chi connectivity index (χ3v) is 5.97. The van der Waals surface area contributed by atoms with Gasteiger partial charge in [-0.1, -0.05) is 25.5 Å². The van der Waals surface area contributed by atoms with Gasteiger partial charge in [0.05, 0.1) is 27.0 Å². The number of thiazole rings is 1. The van der Waals surface area contributed by atoms with Gasteiger partial charge >= 0.3 is 0 Å². The molecule has 0 aliphatic heterocycles. The maximum atomic E-state index is 13.1. The summed E-state index contributed by atoms with van der Waals surface area (Å²) in [4.78, 5) is 30.5. The quantitative estimate of drug-likeness (QED) is 0.464. The number of hydrogen-bond acceptors (Lipinski definition) is 7. The molecule has 0 bridgehead atoms. The number of anilines is 1. The van der Waals surface area contributed by atoms with Crippen molar-refractivity contribution in [1.82, 2.24) is 10.3 Å². The molecule has 2 aromatic carbocycles. The van der Waals surface area contributed by atoms with E-state index in [2.05, 4.69) is 15.6 Å². The maximum absolute atomic E-state index is 13.1. The Morgan fingerprint density at radius 3 is 2.24 bits per heavy atom. The van der Waals surface area contributed by atoms with Gasteiger partial charge in [0.25, 0.3) is 5.91 Å². The number of rotatable bonds is 9. The summed E-state index contributed by atoms with van der Waals surface area (Å²) < 4.78 is 15.9. The van der Waals surface area contributed by atoms with E-state index in [1.165, 1.54) is 25.6 Å². The van der Waals surface area contributed by atoms with Gasteiger partial charge < -0.3 is 24.8 Å². The fourth-order valence-corrected chi connectivity index (χ4v) is 4.07. The van der Waals surface area contributed by atoms with Crippen molar-refractivity contribution in [2.75, 3.05) is 26.6 Å². The molecule has 1 aromatic heterocycles.